The molecule has 0 atom stereocenters. The zero-order valence-electron chi connectivity index (χ0n) is 36.8. The van der Waals surface area contributed by atoms with Crippen LogP contribution in [0.25, 0.3) is 126 Å². The van der Waals surface area contributed by atoms with Gasteiger partial charge in [-0.05, 0) is 105 Å². The molecule has 0 N–H and O–H groups in total. The van der Waals surface area contributed by atoms with E-state index in [-0.39, 0.29) is 0 Å². The van der Waals surface area contributed by atoms with Gasteiger partial charge in [0.1, 0.15) is 0 Å². The molecular formula is C63H40N4S. The van der Waals surface area contributed by atoms with Crippen LogP contribution in [0, 0.1) is 0 Å². The first-order valence-electron chi connectivity index (χ1n) is 22.9. The van der Waals surface area contributed by atoms with Gasteiger partial charge in [-0.15, -0.1) is 11.3 Å². The first-order valence-corrected chi connectivity index (χ1v) is 23.7. The number of thiophene rings is 1. The molecule has 0 amide bonds. The third-order valence-electron chi connectivity index (χ3n) is 13.0. The van der Waals surface area contributed by atoms with Crippen molar-refractivity contribution >= 4 is 53.3 Å². The van der Waals surface area contributed by atoms with Crippen LogP contribution < -0.4 is 0 Å². The van der Waals surface area contributed by atoms with E-state index < -0.39 is 0 Å². The first kappa shape index (κ1) is 39.6. The van der Waals surface area contributed by atoms with Crippen molar-refractivity contribution in [1.82, 2.24) is 19.5 Å². The Balaban J connectivity index is 1.09. The van der Waals surface area contributed by atoms with Gasteiger partial charge in [0.15, 0.2) is 17.5 Å². The van der Waals surface area contributed by atoms with Crippen molar-refractivity contribution in [2.45, 2.75) is 0 Å². The summed E-state index contributed by atoms with van der Waals surface area (Å²) >= 11 is 1.85. The zero-order valence-corrected chi connectivity index (χ0v) is 37.6. The van der Waals surface area contributed by atoms with Crippen molar-refractivity contribution in [3.05, 3.63) is 243 Å². The largest absolute Gasteiger partial charge is 0.309 e. The van der Waals surface area contributed by atoms with Crippen LogP contribution in [-0.4, -0.2) is 19.5 Å². The number of rotatable bonds is 8. The predicted octanol–water partition coefficient (Wildman–Crippen LogP) is 17.0. The van der Waals surface area contributed by atoms with Crippen LogP contribution in [0.4, 0.5) is 0 Å². The van der Waals surface area contributed by atoms with Crippen molar-refractivity contribution in [3.8, 4) is 84.4 Å². The summed E-state index contributed by atoms with van der Waals surface area (Å²) in [6.07, 6.45) is 0. The maximum atomic E-state index is 5.37. The second-order valence-corrected chi connectivity index (χ2v) is 18.2. The summed E-state index contributed by atoms with van der Waals surface area (Å²) in [7, 11) is 0. The van der Waals surface area contributed by atoms with E-state index in [1.807, 2.05) is 47.7 Å². The minimum Gasteiger partial charge on any atom is -0.309 e. The number of benzene rings is 10. The summed E-state index contributed by atoms with van der Waals surface area (Å²) in [4.78, 5) is 15.8. The second kappa shape index (κ2) is 16.6. The van der Waals surface area contributed by atoms with Gasteiger partial charge in [-0.1, -0.05) is 182 Å². The maximum Gasteiger partial charge on any atom is 0.164 e. The van der Waals surface area contributed by atoms with E-state index in [1.54, 1.807) is 0 Å². The molecule has 0 aliphatic heterocycles. The number of aromatic nitrogens is 4. The summed E-state index contributed by atoms with van der Waals surface area (Å²) in [5.41, 5.74) is 15.3. The normalized spacial score (nSPS) is 11.5. The van der Waals surface area contributed by atoms with Crippen LogP contribution in [0.3, 0.4) is 0 Å². The van der Waals surface area contributed by atoms with Gasteiger partial charge >= 0.3 is 0 Å². The van der Waals surface area contributed by atoms with E-state index >= 15 is 0 Å². The molecule has 0 radical (unpaired) electrons. The Kier molecular flexibility index (Phi) is 9.66. The standard InChI is InChI=1S/C63H40N4S/c1-6-19-41(20-7-1)46-35-47(42-21-8-2-9-22-42)37-48(36-46)45-33-34-50(54(38-45)63-65-61(43-23-10-3-11-24-43)64-62(66-63)44-25-12-4-13-26-44)52-30-18-32-58-60(52)55-39-57-53(40-59(55)68-58)51-29-16-17-31-56(51)67(57)49-27-14-5-15-28-49/h1-40H. The molecule has 0 spiro atoms. The number of fused-ring (bicyclic) bond motifs is 6. The second-order valence-electron chi connectivity index (χ2n) is 17.2. The molecule has 318 valence electrons. The van der Waals surface area contributed by atoms with Gasteiger partial charge in [-0.25, -0.2) is 15.0 Å². The molecule has 3 aromatic heterocycles. The SMILES string of the molecule is c1ccc(-c2cc(-c3ccccc3)cc(-c3ccc(-c4cccc5sc6cc7c8ccccc8n(-c8ccccc8)c7cc6c45)c(-c4nc(-c5ccccc5)nc(-c5ccccc5)n4)c3)c2)cc1. The fourth-order valence-corrected chi connectivity index (χ4v) is 11.0. The van der Waals surface area contributed by atoms with Crippen molar-refractivity contribution in [3.63, 3.8) is 0 Å². The summed E-state index contributed by atoms with van der Waals surface area (Å²) in [6, 6.07) is 86.5. The van der Waals surface area contributed by atoms with Crippen LogP contribution in [-0.2, 0) is 0 Å². The van der Waals surface area contributed by atoms with E-state index in [1.165, 1.54) is 42.0 Å². The maximum absolute atomic E-state index is 5.37. The Morgan fingerprint density at radius 2 is 0.809 bits per heavy atom. The lowest BCUT2D eigenvalue weighted by Crippen LogP contribution is -2.01. The summed E-state index contributed by atoms with van der Waals surface area (Å²) < 4.78 is 4.88. The summed E-state index contributed by atoms with van der Waals surface area (Å²) in [6.45, 7) is 0. The Bertz CT molecular complexity index is 3880. The molecular weight excluding hydrogens is 845 g/mol. The number of hydrogen-bond donors (Lipinski definition) is 0. The lowest BCUT2D eigenvalue weighted by molar-refractivity contribution is 1.07. The topological polar surface area (TPSA) is 43.6 Å². The fourth-order valence-electron chi connectivity index (χ4n) is 9.83. The van der Waals surface area contributed by atoms with E-state index in [0.29, 0.717) is 17.5 Å². The molecule has 0 saturated carbocycles. The highest BCUT2D eigenvalue weighted by Gasteiger charge is 2.22. The lowest BCUT2D eigenvalue weighted by atomic mass is 9.89. The predicted molar refractivity (Wildman–Crippen MR) is 285 cm³/mol. The smallest absolute Gasteiger partial charge is 0.164 e. The molecule has 0 unspecified atom stereocenters. The number of para-hydroxylation sites is 2. The monoisotopic (exact) mass is 884 g/mol. The van der Waals surface area contributed by atoms with Crippen LogP contribution in [0.15, 0.2) is 243 Å². The van der Waals surface area contributed by atoms with Crippen LogP contribution in [0.5, 0.6) is 0 Å². The molecule has 68 heavy (non-hydrogen) atoms. The first-order chi connectivity index (χ1) is 33.7. The molecule has 0 bridgehead atoms. The summed E-state index contributed by atoms with van der Waals surface area (Å²) in [5, 5.41) is 4.92. The van der Waals surface area contributed by atoms with Gasteiger partial charge in [0.05, 0.1) is 11.0 Å². The van der Waals surface area contributed by atoms with Crippen LogP contribution in [0.2, 0.25) is 0 Å². The van der Waals surface area contributed by atoms with Gasteiger partial charge in [0.2, 0.25) is 0 Å². The highest BCUT2D eigenvalue weighted by atomic mass is 32.1. The van der Waals surface area contributed by atoms with E-state index in [0.717, 1.165) is 66.9 Å². The Morgan fingerprint density at radius 1 is 0.279 bits per heavy atom. The van der Waals surface area contributed by atoms with Gasteiger partial charge < -0.3 is 4.57 Å². The average molecular weight is 885 g/mol. The average Bonchev–Trinajstić information content (AvgIpc) is 3.96. The molecule has 13 aromatic rings. The highest BCUT2D eigenvalue weighted by molar-refractivity contribution is 7.26. The summed E-state index contributed by atoms with van der Waals surface area (Å²) in [5.74, 6) is 1.86. The molecule has 10 aromatic carbocycles. The number of nitrogens with zero attached hydrogens (tertiary/aromatic N) is 4. The fraction of sp³-hybridized carbons (Fsp3) is 0. The molecule has 0 aliphatic carbocycles. The molecule has 0 aliphatic rings. The van der Waals surface area contributed by atoms with Gasteiger partial charge in [0, 0.05) is 53.3 Å². The Hall–Kier alpha value is -8.77. The number of hydrogen-bond acceptors (Lipinski definition) is 4. The van der Waals surface area contributed by atoms with E-state index in [4.69, 9.17) is 15.0 Å². The molecule has 3 heterocycles. The van der Waals surface area contributed by atoms with E-state index in [2.05, 4.69) is 211 Å². The van der Waals surface area contributed by atoms with Crippen LogP contribution >= 0.6 is 11.3 Å². The van der Waals surface area contributed by atoms with Crippen molar-refractivity contribution in [2.75, 3.05) is 0 Å². The molecule has 5 heteroatoms. The lowest BCUT2D eigenvalue weighted by Gasteiger charge is -2.16. The third kappa shape index (κ3) is 6.96. The third-order valence-corrected chi connectivity index (χ3v) is 14.2. The molecule has 13 rings (SSSR count). The quantitative estimate of drug-likeness (QED) is 0.153. The van der Waals surface area contributed by atoms with Crippen molar-refractivity contribution in [2.24, 2.45) is 0 Å². The minimum atomic E-state index is 0.611. The molecule has 4 nitrogen and oxygen atoms in total. The Morgan fingerprint density at radius 3 is 1.43 bits per heavy atom. The van der Waals surface area contributed by atoms with Gasteiger partial charge in [0.25, 0.3) is 0 Å². The zero-order chi connectivity index (χ0) is 45.0. The van der Waals surface area contributed by atoms with Crippen molar-refractivity contribution in [1.29, 1.82) is 0 Å². The molecule has 0 fully saturated rings. The Labute approximate surface area is 397 Å². The van der Waals surface area contributed by atoms with Crippen molar-refractivity contribution < 1.29 is 0 Å². The highest BCUT2D eigenvalue weighted by Crippen LogP contribution is 2.47. The minimum absolute atomic E-state index is 0.611. The molecule has 0 saturated heterocycles. The van der Waals surface area contributed by atoms with Gasteiger partial charge in [-0.3, -0.25) is 0 Å². The van der Waals surface area contributed by atoms with E-state index in [9.17, 15) is 0 Å². The van der Waals surface area contributed by atoms with Crippen LogP contribution in [0.1, 0.15) is 0 Å². The van der Waals surface area contributed by atoms with Gasteiger partial charge in [-0.2, -0.15) is 0 Å².